The average Bonchev–Trinajstić information content (AvgIpc) is 3.33. The zero-order valence-corrected chi connectivity index (χ0v) is 19.0. The Morgan fingerprint density at radius 1 is 0.647 bits per heavy atom. The van der Waals surface area contributed by atoms with E-state index in [1.807, 2.05) is 36.4 Å². The van der Waals surface area contributed by atoms with Crippen LogP contribution in [0.4, 0.5) is 0 Å². The Morgan fingerprint density at radius 2 is 1.03 bits per heavy atom. The number of fused-ring (bicyclic) bond motifs is 2. The first-order chi connectivity index (χ1) is 16.4. The van der Waals surface area contributed by atoms with E-state index in [9.17, 15) is 10.2 Å². The lowest BCUT2D eigenvalue weighted by molar-refractivity contribution is -0.242. The second-order valence-corrected chi connectivity index (χ2v) is 9.51. The van der Waals surface area contributed by atoms with E-state index in [4.69, 9.17) is 29.2 Å². The second-order valence-electron chi connectivity index (χ2n) is 9.51. The topological polar surface area (TPSA) is 118 Å². The third kappa shape index (κ3) is 4.65. The van der Waals surface area contributed by atoms with Crippen molar-refractivity contribution in [3.05, 3.63) is 70.8 Å². The largest absolute Gasteiger partial charge is 0.394 e. The Bertz CT molecular complexity index is 919. The molecule has 2 aromatic rings. The van der Waals surface area contributed by atoms with Crippen molar-refractivity contribution in [1.29, 1.82) is 0 Å². The number of rotatable bonds is 2. The normalized spacial score (nSPS) is 36.1. The summed E-state index contributed by atoms with van der Waals surface area (Å²) in [5.74, 6) is -1.50. The van der Waals surface area contributed by atoms with Gasteiger partial charge >= 0.3 is 0 Å². The molecule has 8 heteroatoms. The zero-order valence-electron chi connectivity index (χ0n) is 19.0. The zero-order chi connectivity index (χ0) is 23.8. The van der Waals surface area contributed by atoms with E-state index < -0.39 is 36.0 Å². The first-order valence-corrected chi connectivity index (χ1v) is 11.8. The first-order valence-electron chi connectivity index (χ1n) is 11.8. The van der Waals surface area contributed by atoms with Crippen LogP contribution >= 0.6 is 0 Å². The van der Waals surface area contributed by atoms with Crippen molar-refractivity contribution < 1.29 is 39.4 Å². The number of hydrogen-bond acceptors (Lipinski definition) is 8. The Hall–Kier alpha value is -1.88. The van der Waals surface area contributed by atoms with E-state index in [0.717, 1.165) is 0 Å². The van der Waals surface area contributed by atoms with Crippen molar-refractivity contribution >= 4 is 0 Å². The van der Waals surface area contributed by atoms with Crippen LogP contribution in [0.3, 0.4) is 0 Å². The van der Waals surface area contributed by atoms with Gasteiger partial charge in [0.2, 0.25) is 0 Å². The number of aliphatic hydroxyl groups excluding tert-OH is 4. The predicted octanol–water partition coefficient (Wildman–Crippen LogP) is 1.20. The SMILES string of the molecule is OC[C@H]1O[C@@]2(Cc3ccccc3CO2)C[C@@H]1O.OC[C@H]1O[C@]2(Cc3ccccc3CO2)C[C@@H]1O. The minimum atomic E-state index is -0.749. The minimum Gasteiger partial charge on any atom is -0.394 e. The molecule has 4 aliphatic rings. The van der Waals surface area contributed by atoms with Gasteiger partial charge in [0.25, 0.3) is 0 Å². The van der Waals surface area contributed by atoms with Crippen LogP contribution in [0.2, 0.25) is 0 Å². The average molecular weight is 473 g/mol. The summed E-state index contributed by atoms with van der Waals surface area (Å²) in [7, 11) is 0. The summed E-state index contributed by atoms with van der Waals surface area (Å²) < 4.78 is 22.9. The smallest absolute Gasteiger partial charge is 0.175 e. The molecule has 2 aromatic carbocycles. The molecule has 4 aliphatic heterocycles. The minimum absolute atomic E-state index is 0.173. The molecule has 0 unspecified atom stereocenters. The van der Waals surface area contributed by atoms with E-state index in [-0.39, 0.29) is 13.2 Å². The first kappa shape index (κ1) is 23.8. The van der Waals surface area contributed by atoms with Crippen molar-refractivity contribution in [2.75, 3.05) is 13.2 Å². The van der Waals surface area contributed by atoms with E-state index in [1.54, 1.807) is 0 Å². The van der Waals surface area contributed by atoms with Crippen molar-refractivity contribution in [2.45, 2.75) is 74.9 Å². The quantitative estimate of drug-likeness (QED) is 0.515. The molecule has 8 nitrogen and oxygen atoms in total. The van der Waals surface area contributed by atoms with Gasteiger partial charge in [0.15, 0.2) is 11.6 Å². The Morgan fingerprint density at radius 3 is 1.38 bits per heavy atom. The highest BCUT2D eigenvalue weighted by molar-refractivity contribution is 5.30. The van der Waals surface area contributed by atoms with Gasteiger partial charge in [-0.05, 0) is 22.3 Å². The Labute approximate surface area is 198 Å². The van der Waals surface area contributed by atoms with Gasteiger partial charge in [0.05, 0.1) is 38.6 Å². The van der Waals surface area contributed by atoms with Crippen molar-refractivity contribution in [2.24, 2.45) is 0 Å². The molecule has 2 spiro atoms. The Balaban J connectivity index is 0.000000142. The molecule has 34 heavy (non-hydrogen) atoms. The second kappa shape index (κ2) is 9.64. The highest BCUT2D eigenvalue weighted by Crippen LogP contribution is 2.40. The molecule has 2 fully saturated rings. The van der Waals surface area contributed by atoms with E-state index in [1.165, 1.54) is 22.3 Å². The molecular formula is C26H32O8. The molecule has 0 saturated carbocycles. The maximum absolute atomic E-state index is 9.79. The Kier molecular flexibility index (Phi) is 6.76. The summed E-state index contributed by atoms with van der Waals surface area (Å²) in [4.78, 5) is 0. The molecule has 4 N–H and O–H groups in total. The highest BCUT2D eigenvalue weighted by atomic mass is 16.7. The van der Waals surface area contributed by atoms with E-state index >= 15 is 0 Å². The van der Waals surface area contributed by atoms with Gasteiger partial charge in [-0.25, -0.2) is 0 Å². The van der Waals surface area contributed by atoms with Crippen LogP contribution in [0.5, 0.6) is 0 Å². The fourth-order valence-corrected chi connectivity index (χ4v) is 5.28. The van der Waals surface area contributed by atoms with Crippen LogP contribution in [-0.4, -0.2) is 69.6 Å². The third-order valence-electron chi connectivity index (χ3n) is 7.13. The standard InChI is InChI=1S/2C13H16O4/c2*14-7-12-11(15)6-13(17-12)5-9-3-1-2-4-10(9)8-16-13/h2*1-4,11-12,14-15H,5-8H2/t11-,12+,13+;11-,12+,13-/m00/s1. The van der Waals surface area contributed by atoms with Crippen LogP contribution in [0.1, 0.15) is 35.1 Å². The molecule has 2 saturated heterocycles. The molecular weight excluding hydrogens is 440 g/mol. The molecule has 0 aromatic heterocycles. The molecule has 4 heterocycles. The van der Waals surface area contributed by atoms with Crippen molar-refractivity contribution in [3.8, 4) is 0 Å². The lowest BCUT2D eigenvalue weighted by Crippen LogP contribution is -2.39. The molecule has 0 amide bonds. The van der Waals surface area contributed by atoms with Gasteiger partial charge in [-0.1, -0.05) is 48.5 Å². The molecule has 6 rings (SSSR count). The third-order valence-corrected chi connectivity index (χ3v) is 7.13. The summed E-state index contributed by atoms with van der Waals surface area (Å²) in [5, 5.41) is 37.8. The molecule has 184 valence electrons. The van der Waals surface area contributed by atoms with Crippen LogP contribution < -0.4 is 0 Å². The predicted molar refractivity (Wildman–Crippen MR) is 120 cm³/mol. The van der Waals surface area contributed by atoms with Gasteiger partial charge in [-0.2, -0.15) is 0 Å². The van der Waals surface area contributed by atoms with Gasteiger partial charge in [-0.3, -0.25) is 0 Å². The number of benzene rings is 2. The summed E-state index contributed by atoms with van der Waals surface area (Å²) in [6, 6.07) is 16.2. The van der Waals surface area contributed by atoms with Crippen LogP contribution in [-0.2, 0) is 45.0 Å². The number of hydrogen-bond donors (Lipinski definition) is 4. The molecule has 6 atom stereocenters. The summed E-state index contributed by atoms with van der Waals surface area (Å²) in [5.41, 5.74) is 4.74. The monoisotopic (exact) mass is 472 g/mol. The molecule has 0 radical (unpaired) electrons. The van der Waals surface area contributed by atoms with Gasteiger partial charge < -0.3 is 39.4 Å². The van der Waals surface area contributed by atoms with Crippen molar-refractivity contribution in [3.63, 3.8) is 0 Å². The van der Waals surface area contributed by atoms with Gasteiger partial charge in [0.1, 0.15) is 12.2 Å². The number of aliphatic hydroxyl groups is 4. The summed E-state index contributed by atoms with van der Waals surface area (Å²) >= 11 is 0. The van der Waals surface area contributed by atoms with Crippen LogP contribution in [0.15, 0.2) is 48.5 Å². The van der Waals surface area contributed by atoms with Gasteiger partial charge in [0, 0.05) is 25.7 Å². The summed E-state index contributed by atoms with van der Waals surface area (Å²) in [6.45, 7) is 0.657. The fourth-order valence-electron chi connectivity index (χ4n) is 5.28. The van der Waals surface area contributed by atoms with E-state index in [0.29, 0.717) is 38.9 Å². The maximum Gasteiger partial charge on any atom is 0.175 e. The lowest BCUT2D eigenvalue weighted by atomic mass is 9.94. The molecule has 0 aliphatic carbocycles. The summed E-state index contributed by atoms with van der Waals surface area (Å²) in [6.07, 6.45) is -0.233. The van der Waals surface area contributed by atoms with Crippen LogP contribution in [0.25, 0.3) is 0 Å². The maximum atomic E-state index is 9.79. The number of ether oxygens (including phenoxy) is 4. The highest BCUT2D eigenvalue weighted by Gasteiger charge is 2.49. The van der Waals surface area contributed by atoms with Crippen LogP contribution in [0, 0.1) is 0 Å². The van der Waals surface area contributed by atoms with Crippen molar-refractivity contribution in [1.82, 2.24) is 0 Å². The molecule has 0 bridgehead atoms. The lowest BCUT2D eigenvalue weighted by Gasteiger charge is -2.34. The fraction of sp³-hybridized carbons (Fsp3) is 0.538. The van der Waals surface area contributed by atoms with Gasteiger partial charge in [-0.15, -0.1) is 0 Å². The van der Waals surface area contributed by atoms with E-state index in [2.05, 4.69) is 12.1 Å².